The smallest absolute Gasteiger partial charge is 0.338 e. The van der Waals surface area contributed by atoms with Crippen LogP contribution >= 0.6 is 0 Å². The summed E-state index contributed by atoms with van der Waals surface area (Å²) >= 11 is 0. The number of benzene rings is 2. The zero-order chi connectivity index (χ0) is 22.8. The fourth-order valence-electron chi connectivity index (χ4n) is 3.94. The second-order valence-electron chi connectivity index (χ2n) is 7.34. The fraction of sp³-hybridized carbons (Fsp3) is 0.160. The Kier molecular flexibility index (Phi) is 5.64. The van der Waals surface area contributed by atoms with Crippen molar-refractivity contribution >= 4 is 23.3 Å². The number of ether oxygens (including phenoxy) is 1. The van der Waals surface area contributed by atoms with Crippen LogP contribution in [0.4, 0.5) is 4.79 Å². The van der Waals surface area contributed by atoms with Gasteiger partial charge in [-0.2, -0.15) is 0 Å². The van der Waals surface area contributed by atoms with Crippen LogP contribution < -0.4 is 21.4 Å². The molecule has 0 saturated heterocycles. The number of rotatable bonds is 4. The van der Waals surface area contributed by atoms with Crippen molar-refractivity contribution in [1.82, 2.24) is 9.88 Å². The standard InChI is InChI=1S/C25H22N2O5/c1-3-32-24(30)21-19-14-18(16-10-6-4-7-11-16)20(15(2)28)23(29)27(19)25(31)26-22(21)17-12-8-5-9-13-17/h4-14,22,28H,3H2,1-2H3,(H,26,31)/b20-15+. The molecule has 3 aromatic rings. The minimum Gasteiger partial charge on any atom is -0.512 e. The molecular formula is C25H22N2O5. The molecule has 1 unspecified atom stereocenters. The first kappa shape index (κ1) is 21.1. The van der Waals surface area contributed by atoms with Gasteiger partial charge in [-0.15, -0.1) is 0 Å². The van der Waals surface area contributed by atoms with E-state index in [1.165, 1.54) is 6.92 Å². The third-order valence-electron chi connectivity index (χ3n) is 5.32. The Bertz CT molecular complexity index is 1370. The van der Waals surface area contributed by atoms with Crippen LogP contribution in [0, 0.1) is 0 Å². The first-order valence-electron chi connectivity index (χ1n) is 10.2. The molecule has 0 spiro atoms. The van der Waals surface area contributed by atoms with Crippen LogP contribution in [0.5, 0.6) is 0 Å². The molecule has 0 aliphatic carbocycles. The van der Waals surface area contributed by atoms with Crippen LogP contribution in [0.1, 0.15) is 25.5 Å². The average Bonchev–Trinajstić information content (AvgIpc) is 2.79. The molecule has 7 heteroatoms. The summed E-state index contributed by atoms with van der Waals surface area (Å²) in [5.41, 5.74) is 1.20. The zero-order valence-corrected chi connectivity index (χ0v) is 17.7. The van der Waals surface area contributed by atoms with E-state index in [2.05, 4.69) is 5.32 Å². The number of hydrogen-bond donors (Lipinski definition) is 2. The van der Waals surface area contributed by atoms with Gasteiger partial charge in [-0.1, -0.05) is 60.7 Å². The van der Waals surface area contributed by atoms with Crippen molar-refractivity contribution in [1.29, 1.82) is 0 Å². The molecule has 2 N–H and O–H groups in total. The molecule has 162 valence electrons. The second-order valence-corrected chi connectivity index (χ2v) is 7.34. The predicted octanol–water partition coefficient (Wildman–Crippen LogP) is 2.23. The number of fused-ring (bicyclic) bond motifs is 1. The van der Waals surface area contributed by atoms with E-state index >= 15 is 0 Å². The van der Waals surface area contributed by atoms with Crippen molar-refractivity contribution in [2.45, 2.75) is 19.9 Å². The minimum atomic E-state index is -0.796. The SMILES string of the molecule is CCOC(=O)C1=c2cc(-c3ccccc3)/c(=C(/C)O)c(=O)n2C(=O)NC1c1ccccc1. The summed E-state index contributed by atoms with van der Waals surface area (Å²) in [7, 11) is 0. The van der Waals surface area contributed by atoms with E-state index in [0.29, 0.717) is 16.7 Å². The molecule has 0 radical (unpaired) electrons. The third-order valence-corrected chi connectivity index (χ3v) is 5.32. The molecule has 0 fully saturated rings. The van der Waals surface area contributed by atoms with E-state index < -0.39 is 23.6 Å². The third kappa shape index (κ3) is 3.58. The van der Waals surface area contributed by atoms with Crippen molar-refractivity contribution in [3.8, 4) is 11.1 Å². The van der Waals surface area contributed by atoms with Gasteiger partial charge in [0.05, 0.1) is 28.8 Å². The van der Waals surface area contributed by atoms with Crippen LogP contribution in [0.2, 0.25) is 0 Å². The first-order chi connectivity index (χ1) is 15.4. The molecule has 1 aliphatic rings. The number of esters is 1. The summed E-state index contributed by atoms with van der Waals surface area (Å²) in [6.45, 7) is 3.21. The highest BCUT2D eigenvalue weighted by Gasteiger charge is 2.33. The molecule has 1 atom stereocenters. The molecule has 0 bridgehead atoms. The summed E-state index contributed by atoms with van der Waals surface area (Å²) in [5, 5.41) is 13.2. The van der Waals surface area contributed by atoms with E-state index in [-0.39, 0.29) is 28.5 Å². The van der Waals surface area contributed by atoms with Gasteiger partial charge in [-0.25, -0.2) is 14.2 Å². The van der Waals surface area contributed by atoms with Gasteiger partial charge in [0.1, 0.15) is 5.76 Å². The molecule has 1 aliphatic heterocycles. The normalized spacial score (nSPS) is 16.1. The van der Waals surface area contributed by atoms with Crippen molar-refractivity contribution in [2.75, 3.05) is 6.61 Å². The monoisotopic (exact) mass is 430 g/mol. The van der Waals surface area contributed by atoms with Gasteiger partial charge in [0.2, 0.25) is 0 Å². The van der Waals surface area contributed by atoms with Gasteiger partial charge in [0, 0.05) is 0 Å². The van der Waals surface area contributed by atoms with Gasteiger partial charge in [-0.05, 0) is 36.6 Å². The number of carbonyl (C=O) groups is 2. The van der Waals surface area contributed by atoms with Crippen LogP contribution in [0.25, 0.3) is 22.5 Å². The predicted molar refractivity (Wildman–Crippen MR) is 120 cm³/mol. The van der Waals surface area contributed by atoms with Gasteiger partial charge in [-0.3, -0.25) is 4.79 Å². The van der Waals surface area contributed by atoms with Gasteiger partial charge < -0.3 is 15.2 Å². The topological polar surface area (TPSA) is 97.6 Å². The summed E-state index contributed by atoms with van der Waals surface area (Å²) in [6, 6.07) is 18.1. The van der Waals surface area contributed by atoms with Crippen LogP contribution in [-0.2, 0) is 9.53 Å². The van der Waals surface area contributed by atoms with E-state index in [9.17, 15) is 19.5 Å². The number of aliphatic hydroxyl groups excluding tert-OH is 1. The quantitative estimate of drug-likeness (QED) is 0.619. The maximum Gasteiger partial charge on any atom is 0.338 e. The van der Waals surface area contributed by atoms with Crippen molar-refractivity contribution in [2.24, 2.45) is 0 Å². The molecule has 1 aromatic heterocycles. The Hall–Kier alpha value is -4.13. The van der Waals surface area contributed by atoms with Crippen LogP contribution in [-0.4, -0.2) is 28.3 Å². The Labute approximate surface area is 183 Å². The number of pyridine rings is 1. The largest absolute Gasteiger partial charge is 0.512 e. The average molecular weight is 430 g/mol. The molecule has 2 heterocycles. The maximum atomic E-state index is 13.4. The van der Waals surface area contributed by atoms with Crippen LogP contribution in [0.15, 0.2) is 71.5 Å². The lowest BCUT2D eigenvalue weighted by atomic mass is 9.95. The molecule has 1 amide bonds. The highest BCUT2D eigenvalue weighted by atomic mass is 16.5. The van der Waals surface area contributed by atoms with Gasteiger partial charge >= 0.3 is 12.0 Å². The van der Waals surface area contributed by atoms with E-state index in [1.54, 1.807) is 61.5 Å². The number of hydrogen-bond acceptors (Lipinski definition) is 5. The van der Waals surface area contributed by atoms with E-state index in [4.69, 9.17) is 4.74 Å². The number of aromatic nitrogens is 1. The summed E-state index contributed by atoms with van der Waals surface area (Å²) in [5.74, 6) is -0.856. The van der Waals surface area contributed by atoms with Crippen molar-refractivity contribution in [3.05, 3.63) is 93.2 Å². The Morgan fingerprint density at radius 2 is 1.69 bits per heavy atom. The number of nitrogens with zero attached hydrogens (tertiary/aromatic N) is 1. The Morgan fingerprint density at radius 3 is 2.28 bits per heavy atom. The highest BCUT2D eigenvalue weighted by molar-refractivity contribution is 6.13. The van der Waals surface area contributed by atoms with Crippen molar-refractivity contribution < 1.29 is 19.4 Å². The summed E-state index contributed by atoms with van der Waals surface area (Å²) in [6.07, 6.45) is 0. The molecule has 0 saturated carbocycles. The number of nitrogens with one attached hydrogen (secondary N) is 1. The molecule has 2 aromatic carbocycles. The van der Waals surface area contributed by atoms with Gasteiger partial charge in [0.25, 0.3) is 5.56 Å². The molecular weight excluding hydrogens is 408 g/mol. The molecule has 7 nitrogen and oxygen atoms in total. The number of aliphatic hydroxyl groups is 1. The number of carbonyl (C=O) groups excluding carboxylic acids is 2. The second kappa shape index (κ2) is 8.55. The lowest BCUT2D eigenvalue weighted by molar-refractivity contribution is -0.136. The summed E-state index contributed by atoms with van der Waals surface area (Å²) in [4.78, 5) is 39.5. The fourth-order valence-corrected chi connectivity index (χ4v) is 3.94. The lowest BCUT2D eigenvalue weighted by Gasteiger charge is -2.27. The highest BCUT2D eigenvalue weighted by Crippen LogP contribution is 2.25. The Balaban J connectivity index is 2.18. The maximum absolute atomic E-state index is 13.4. The lowest BCUT2D eigenvalue weighted by Crippen LogP contribution is -2.56. The molecule has 32 heavy (non-hydrogen) atoms. The zero-order valence-electron chi connectivity index (χ0n) is 17.7. The molecule has 4 rings (SSSR count). The first-order valence-corrected chi connectivity index (χ1v) is 10.2. The van der Waals surface area contributed by atoms with Crippen molar-refractivity contribution in [3.63, 3.8) is 0 Å². The minimum absolute atomic E-state index is 0.00327. The van der Waals surface area contributed by atoms with Gasteiger partial charge in [0.15, 0.2) is 0 Å². The van der Waals surface area contributed by atoms with Crippen LogP contribution in [0.3, 0.4) is 0 Å². The summed E-state index contributed by atoms with van der Waals surface area (Å²) < 4.78 is 6.17. The van der Waals surface area contributed by atoms with E-state index in [0.717, 1.165) is 4.57 Å². The van der Waals surface area contributed by atoms with E-state index in [1.807, 2.05) is 12.1 Å². The Morgan fingerprint density at radius 1 is 1.06 bits per heavy atom. The number of amides is 1.